The van der Waals surface area contributed by atoms with Crippen LogP contribution in [0.1, 0.15) is 17.5 Å². The Morgan fingerprint density at radius 3 is 3.15 bits per heavy atom. The zero-order valence-electron chi connectivity index (χ0n) is 7.79. The molecule has 0 aromatic heterocycles. The topological polar surface area (TPSA) is 20.2 Å². The molecule has 0 aliphatic carbocycles. The summed E-state index contributed by atoms with van der Waals surface area (Å²) in [5, 5.41) is 9.45. The van der Waals surface area contributed by atoms with E-state index in [-0.39, 0.29) is 0 Å². The van der Waals surface area contributed by atoms with Crippen LogP contribution < -0.4 is 0 Å². The fourth-order valence-corrected chi connectivity index (χ4v) is 3.04. The Morgan fingerprint density at radius 1 is 1.54 bits per heavy atom. The van der Waals surface area contributed by atoms with Crippen LogP contribution in [0.15, 0.2) is 23.1 Å². The molecule has 0 saturated heterocycles. The molecule has 1 aromatic carbocycles. The first-order valence-electron chi connectivity index (χ1n) is 4.66. The van der Waals surface area contributed by atoms with Crippen LogP contribution in [0, 0.1) is 6.92 Å². The van der Waals surface area contributed by atoms with Crippen molar-refractivity contribution in [2.24, 2.45) is 0 Å². The molecule has 1 N–H and O–H groups in total. The van der Waals surface area contributed by atoms with Gasteiger partial charge in [-0.15, -0.1) is 11.8 Å². The zero-order chi connectivity index (χ0) is 9.26. The van der Waals surface area contributed by atoms with E-state index in [4.69, 9.17) is 5.11 Å². The van der Waals surface area contributed by atoms with Gasteiger partial charge in [-0.25, -0.2) is 0 Å². The summed E-state index contributed by atoms with van der Waals surface area (Å²) in [7, 11) is 0. The normalized spacial score (nSPS) is 20.3. The highest BCUT2D eigenvalue weighted by molar-refractivity contribution is 8.00. The molecule has 70 valence electrons. The van der Waals surface area contributed by atoms with Gasteiger partial charge in [0.25, 0.3) is 0 Å². The molecule has 0 amide bonds. The number of hydrogen-bond donors (Lipinski definition) is 1. The molecule has 2 heteroatoms. The molecule has 0 saturated carbocycles. The molecule has 1 aliphatic heterocycles. The third-order valence-corrected chi connectivity index (χ3v) is 3.80. The quantitative estimate of drug-likeness (QED) is 0.780. The van der Waals surface area contributed by atoms with E-state index in [1.54, 1.807) is 0 Å². The average molecular weight is 194 g/mol. The summed E-state index contributed by atoms with van der Waals surface area (Å²) < 4.78 is 0. The van der Waals surface area contributed by atoms with Gasteiger partial charge in [0.1, 0.15) is 0 Å². The Morgan fingerprint density at radius 2 is 2.38 bits per heavy atom. The maximum atomic E-state index is 8.85. The van der Waals surface area contributed by atoms with Gasteiger partial charge in [-0.1, -0.05) is 17.7 Å². The first kappa shape index (κ1) is 9.10. The van der Waals surface area contributed by atoms with E-state index in [0.29, 0.717) is 11.9 Å². The Bertz CT molecular complexity index is 309. The standard InChI is InChI=1S/C11H14OS/c1-8-2-3-11-9(6-8)7-10(13-11)4-5-12/h2-3,6,10,12H,4-5,7H2,1H3. The Kier molecular flexibility index (Phi) is 2.61. The summed E-state index contributed by atoms with van der Waals surface area (Å²) in [4.78, 5) is 1.41. The molecular weight excluding hydrogens is 180 g/mol. The highest BCUT2D eigenvalue weighted by Gasteiger charge is 2.21. The van der Waals surface area contributed by atoms with E-state index in [9.17, 15) is 0 Å². The second-order valence-corrected chi connectivity index (χ2v) is 4.91. The number of aliphatic hydroxyl groups is 1. The molecule has 1 atom stereocenters. The fraction of sp³-hybridized carbons (Fsp3) is 0.455. The third-order valence-electron chi connectivity index (χ3n) is 2.41. The number of hydrogen-bond acceptors (Lipinski definition) is 2. The minimum atomic E-state index is 0.310. The summed E-state index contributed by atoms with van der Waals surface area (Å²) in [6.07, 6.45) is 2.04. The Hall–Kier alpha value is -0.470. The van der Waals surface area contributed by atoms with Gasteiger partial charge in [0.05, 0.1) is 0 Å². The number of fused-ring (bicyclic) bond motifs is 1. The zero-order valence-corrected chi connectivity index (χ0v) is 8.60. The molecular formula is C11H14OS. The van der Waals surface area contributed by atoms with E-state index in [1.807, 2.05) is 11.8 Å². The van der Waals surface area contributed by atoms with Crippen LogP contribution in [0.2, 0.25) is 0 Å². The van der Waals surface area contributed by atoms with Crippen molar-refractivity contribution in [2.75, 3.05) is 6.61 Å². The first-order chi connectivity index (χ1) is 6.29. The molecule has 1 heterocycles. The summed E-state index contributed by atoms with van der Waals surface area (Å²) in [6.45, 7) is 2.44. The van der Waals surface area contributed by atoms with Gasteiger partial charge in [0, 0.05) is 16.8 Å². The van der Waals surface area contributed by atoms with Crippen molar-refractivity contribution in [1.29, 1.82) is 0 Å². The second kappa shape index (κ2) is 3.72. The van der Waals surface area contributed by atoms with Gasteiger partial charge in [-0.3, -0.25) is 0 Å². The number of thioether (sulfide) groups is 1. The SMILES string of the molecule is Cc1ccc2c(c1)CC(CCO)S2. The van der Waals surface area contributed by atoms with E-state index in [1.165, 1.54) is 16.0 Å². The summed E-state index contributed by atoms with van der Waals surface area (Å²) in [6, 6.07) is 6.62. The van der Waals surface area contributed by atoms with Crippen LogP contribution in [0.25, 0.3) is 0 Å². The first-order valence-corrected chi connectivity index (χ1v) is 5.54. The van der Waals surface area contributed by atoms with Gasteiger partial charge in [0.15, 0.2) is 0 Å². The fourth-order valence-electron chi connectivity index (χ4n) is 1.75. The molecule has 1 aliphatic rings. The van der Waals surface area contributed by atoms with E-state index in [0.717, 1.165) is 12.8 Å². The predicted octanol–water partition coefficient (Wildman–Crippen LogP) is 2.39. The maximum Gasteiger partial charge on any atom is 0.0441 e. The van der Waals surface area contributed by atoms with Crippen LogP contribution in [0.3, 0.4) is 0 Å². The third kappa shape index (κ3) is 1.89. The molecule has 0 spiro atoms. The van der Waals surface area contributed by atoms with Crippen molar-refractivity contribution in [1.82, 2.24) is 0 Å². The van der Waals surface area contributed by atoms with Gasteiger partial charge >= 0.3 is 0 Å². The van der Waals surface area contributed by atoms with Crippen LogP contribution in [0.4, 0.5) is 0 Å². The molecule has 13 heavy (non-hydrogen) atoms. The molecule has 2 rings (SSSR count). The lowest BCUT2D eigenvalue weighted by Gasteiger charge is -2.03. The van der Waals surface area contributed by atoms with Crippen molar-refractivity contribution in [3.8, 4) is 0 Å². The van der Waals surface area contributed by atoms with E-state index < -0.39 is 0 Å². The van der Waals surface area contributed by atoms with Gasteiger partial charge in [0.2, 0.25) is 0 Å². The van der Waals surface area contributed by atoms with Crippen LogP contribution in [0.5, 0.6) is 0 Å². The minimum Gasteiger partial charge on any atom is -0.396 e. The maximum absolute atomic E-state index is 8.85. The number of benzene rings is 1. The number of aryl methyl sites for hydroxylation is 1. The monoisotopic (exact) mass is 194 g/mol. The van der Waals surface area contributed by atoms with Gasteiger partial charge in [-0.05, 0) is 31.4 Å². The van der Waals surface area contributed by atoms with E-state index in [2.05, 4.69) is 25.1 Å². The average Bonchev–Trinajstić information content (AvgIpc) is 2.46. The smallest absolute Gasteiger partial charge is 0.0441 e. The summed E-state index contributed by atoms with van der Waals surface area (Å²) in [5.41, 5.74) is 2.80. The van der Waals surface area contributed by atoms with Gasteiger partial charge in [-0.2, -0.15) is 0 Å². The lowest BCUT2D eigenvalue weighted by molar-refractivity contribution is 0.287. The molecule has 1 unspecified atom stereocenters. The molecule has 1 nitrogen and oxygen atoms in total. The summed E-state index contributed by atoms with van der Waals surface area (Å²) in [5.74, 6) is 0. The van der Waals surface area contributed by atoms with Crippen molar-refractivity contribution >= 4 is 11.8 Å². The van der Waals surface area contributed by atoms with Crippen molar-refractivity contribution in [2.45, 2.75) is 29.9 Å². The number of rotatable bonds is 2. The molecule has 0 radical (unpaired) electrons. The Labute approximate surface area is 83.2 Å². The predicted molar refractivity (Wildman–Crippen MR) is 56.2 cm³/mol. The molecule has 0 bridgehead atoms. The lowest BCUT2D eigenvalue weighted by atomic mass is 10.1. The van der Waals surface area contributed by atoms with Crippen LogP contribution >= 0.6 is 11.8 Å². The van der Waals surface area contributed by atoms with Crippen LogP contribution in [-0.4, -0.2) is 17.0 Å². The highest BCUT2D eigenvalue weighted by atomic mass is 32.2. The summed E-state index contributed by atoms with van der Waals surface area (Å²) >= 11 is 1.91. The van der Waals surface area contributed by atoms with Crippen molar-refractivity contribution in [3.63, 3.8) is 0 Å². The van der Waals surface area contributed by atoms with Gasteiger partial charge < -0.3 is 5.11 Å². The largest absolute Gasteiger partial charge is 0.396 e. The molecule has 0 fully saturated rings. The number of aliphatic hydroxyl groups excluding tert-OH is 1. The Balaban J connectivity index is 2.16. The molecule has 1 aromatic rings. The minimum absolute atomic E-state index is 0.310. The van der Waals surface area contributed by atoms with Crippen molar-refractivity contribution < 1.29 is 5.11 Å². The lowest BCUT2D eigenvalue weighted by Crippen LogP contribution is -2.02. The van der Waals surface area contributed by atoms with E-state index >= 15 is 0 Å². The second-order valence-electron chi connectivity index (χ2n) is 3.57. The van der Waals surface area contributed by atoms with Crippen LogP contribution in [-0.2, 0) is 6.42 Å². The van der Waals surface area contributed by atoms with Crippen molar-refractivity contribution in [3.05, 3.63) is 29.3 Å². The highest BCUT2D eigenvalue weighted by Crippen LogP contribution is 2.38.